The standard InChI is InChI=1S/C10H21FN2/c1-2-13-8-3-5-10(13)9-12-7-4-6-11/h10,12H,2-9H2,1H3. The lowest BCUT2D eigenvalue weighted by molar-refractivity contribution is 0.259. The molecule has 0 amide bonds. The van der Waals surface area contributed by atoms with Crippen molar-refractivity contribution >= 4 is 0 Å². The van der Waals surface area contributed by atoms with Crippen LogP contribution in [0.3, 0.4) is 0 Å². The van der Waals surface area contributed by atoms with Gasteiger partial charge in [-0.1, -0.05) is 6.92 Å². The minimum atomic E-state index is -0.199. The predicted octanol–water partition coefficient (Wildman–Crippen LogP) is 1.42. The van der Waals surface area contributed by atoms with Crippen LogP contribution in [-0.4, -0.2) is 43.8 Å². The lowest BCUT2D eigenvalue weighted by Crippen LogP contribution is -2.38. The van der Waals surface area contributed by atoms with Crippen LogP contribution in [0, 0.1) is 0 Å². The minimum absolute atomic E-state index is 0.199. The van der Waals surface area contributed by atoms with Crippen molar-refractivity contribution in [2.75, 3.05) is 32.9 Å². The van der Waals surface area contributed by atoms with E-state index in [4.69, 9.17) is 0 Å². The Morgan fingerprint density at radius 3 is 3.08 bits per heavy atom. The molecule has 0 bridgehead atoms. The monoisotopic (exact) mass is 188 g/mol. The van der Waals surface area contributed by atoms with Crippen LogP contribution in [-0.2, 0) is 0 Å². The molecule has 0 saturated carbocycles. The van der Waals surface area contributed by atoms with Crippen molar-refractivity contribution in [2.24, 2.45) is 0 Å². The van der Waals surface area contributed by atoms with Gasteiger partial charge in [0, 0.05) is 12.6 Å². The van der Waals surface area contributed by atoms with Crippen LogP contribution in [0.4, 0.5) is 4.39 Å². The minimum Gasteiger partial charge on any atom is -0.315 e. The number of alkyl halides is 1. The Labute approximate surface area is 80.5 Å². The molecule has 0 aromatic heterocycles. The maximum absolute atomic E-state index is 11.8. The molecule has 1 aliphatic rings. The summed E-state index contributed by atoms with van der Waals surface area (Å²) in [6, 6.07) is 0.699. The van der Waals surface area contributed by atoms with Crippen molar-refractivity contribution in [3.05, 3.63) is 0 Å². The van der Waals surface area contributed by atoms with Gasteiger partial charge >= 0.3 is 0 Å². The van der Waals surface area contributed by atoms with Crippen molar-refractivity contribution in [1.29, 1.82) is 0 Å². The molecule has 1 fully saturated rings. The Morgan fingerprint density at radius 2 is 2.38 bits per heavy atom. The number of halogens is 1. The Bertz CT molecular complexity index is 130. The molecule has 0 aliphatic carbocycles. The van der Waals surface area contributed by atoms with Gasteiger partial charge in [-0.15, -0.1) is 0 Å². The van der Waals surface area contributed by atoms with E-state index in [0.717, 1.165) is 19.6 Å². The van der Waals surface area contributed by atoms with Crippen molar-refractivity contribution in [3.63, 3.8) is 0 Å². The first-order valence-electron chi connectivity index (χ1n) is 5.39. The largest absolute Gasteiger partial charge is 0.315 e. The summed E-state index contributed by atoms with van der Waals surface area (Å²) in [6.45, 7) is 6.26. The molecule has 1 heterocycles. The third-order valence-corrected chi connectivity index (χ3v) is 2.77. The second-order valence-electron chi connectivity index (χ2n) is 3.67. The van der Waals surface area contributed by atoms with Crippen LogP contribution in [0.15, 0.2) is 0 Å². The molecule has 0 aromatic rings. The van der Waals surface area contributed by atoms with Gasteiger partial charge in [0.2, 0.25) is 0 Å². The van der Waals surface area contributed by atoms with E-state index in [1.807, 2.05) is 0 Å². The van der Waals surface area contributed by atoms with E-state index in [-0.39, 0.29) is 6.67 Å². The lowest BCUT2D eigenvalue weighted by Gasteiger charge is -2.22. The first-order valence-corrected chi connectivity index (χ1v) is 5.39. The van der Waals surface area contributed by atoms with Crippen molar-refractivity contribution < 1.29 is 4.39 Å². The fourth-order valence-corrected chi connectivity index (χ4v) is 2.00. The average molecular weight is 188 g/mol. The number of hydrogen-bond donors (Lipinski definition) is 1. The summed E-state index contributed by atoms with van der Waals surface area (Å²) < 4.78 is 11.8. The van der Waals surface area contributed by atoms with E-state index >= 15 is 0 Å². The van der Waals surface area contributed by atoms with Gasteiger partial charge < -0.3 is 5.32 Å². The van der Waals surface area contributed by atoms with Crippen LogP contribution in [0.5, 0.6) is 0 Å². The molecule has 1 saturated heterocycles. The number of likely N-dealkylation sites (tertiary alicyclic amines) is 1. The number of nitrogens with zero attached hydrogens (tertiary/aromatic N) is 1. The number of hydrogen-bond acceptors (Lipinski definition) is 2. The molecule has 1 aliphatic heterocycles. The van der Waals surface area contributed by atoms with Gasteiger partial charge in [-0.3, -0.25) is 9.29 Å². The van der Waals surface area contributed by atoms with Gasteiger partial charge in [-0.25, -0.2) is 0 Å². The topological polar surface area (TPSA) is 15.3 Å². The maximum Gasteiger partial charge on any atom is 0.0906 e. The fraction of sp³-hybridized carbons (Fsp3) is 1.00. The van der Waals surface area contributed by atoms with E-state index in [1.54, 1.807) is 0 Å². The quantitative estimate of drug-likeness (QED) is 0.634. The molecular formula is C10H21FN2. The van der Waals surface area contributed by atoms with Gasteiger partial charge in [-0.2, -0.15) is 0 Å². The molecular weight excluding hydrogens is 167 g/mol. The highest BCUT2D eigenvalue weighted by atomic mass is 19.1. The fourth-order valence-electron chi connectivity index (χ4n) is 2.00. The highest BCUT2D eigenvalue weighted by Crippen LogP contribution is 2.15. The SMILES string of the molecule is CCN1CCCC1CNCCCF. The van der Waals surface area contributed by atoms with E-state index < -0.39 is 0 Å². The van der Waals surface area contributed by atoms with Crippen LogP contribution in [0.25, 0.3) is 0 Å². The molecule has 0 spiro atoms. The molecule has 2 nitrogen and oxygen atoms in total. The molecule has 13 heavy (non-hydrogen) atoms. The summed E-state index contributed by atoms with van der Waals surface area (Å²) in [5.41, 5.74) is 0. The Morgan fingerprint density at radius 1 is 1.54 bits per heavy atom. The zero-order chi connectivity index (χ0) is 9.52. The predicted molar refractivity (Wildman–Crippen MR) is 53.7 cm³/mol. The molecule has 1 rings (SSSR count). The van der Waals surface area contributed by atoms with E-state index in [9.17, 15) is 4.39 Å². The lowest BCUT2D eigenvalue weighted by atomic mass is 10.2. The van der Waals surface area contributed by atoms with Gasteiger partial charge in [0.15, 0.2) is 0 Å². The third-order valence-electron chi connectivity index (χ3n) is 2.77. The zero-order valence-corrected chi connectivity index (χ0v) is 8.56. The Kier molecular flexibility index (Phi) is 5.32. The second kappa shape index (κ2) is 6.33. The van der Waals surface area contributed by atoms with Gasteiger partial charge in [0.25, 0.3) is 0 Å². The molecule has 1 N–H and O–H groups in total. The normalized spacial score (nSPS) is 24.0. The first kappa shape index (κ1) is 10.9. The maximum atomic E-state index is 11.8. The van der Waals surface area contributed by atoms with Crippen LogP contribution in [0.1, 0.15) is 26.2 Å². The first-order chi connectivity index (χ1) is 6.38. The van der Waals surface area contributed by atoms with Gasteiger partial charge in [0.1, 0.15) is 0 Å². The van der Waals surface area contributed by atoms with Crippen molar-refractivity contribution in [2.45, 2.75) is 32.2 Å². The van der Waals surface area contributed by atoms with Crippen LogP contribution in [0.2, 0.25) is 0 Å². The highest BCUT2D eigenvalue weighted by Gasteiger charge is 2.21. The molecule has 78 valence electrons. The Balaban J connectivity index is 2.06. The summed E-state index contributed by atoms with van der Waals surface area (Å²) >= 11 is 0. The van der Waals surface area contributed by atoms with Gasteiger partial charge in [0.05, 0.1) is 6.67 Å². The summed E-state index contributed by atoms with van der Waals surface area (Å²) in [5.74, 6) is 0. The average Bonchev–Trinajstić information content (AvgIpc) is 2.60. The Hall–Kier alpha value is -0.150. The second-order valence-corrected chi connectivity index (χ2v) is 3.67. The third kappa shape index (κ3) is 3.61. The smallest absolute Gasteiger partial charge is 0.0906 e. The van der Waals surface area contributed by atoms with E-state index in [1.165, 1.54) is 19.4 Å². The van der Waals surface area contributed by atoms with Crippen LogP contribution >= 0.6 is 0 Å². The van der Waals surface area contributed by atoms with Gasteiger partial charge in [-0.05, 0) is 38.9 Å². The number of nitrogens with one attached hydrogen (secondary N) is 1. The highest BCUT2D eigenvalue weighted by molar-refractivity contribution is 4.79. The summed E-state index contributed by atoms with van der Waals surface area (Å²) in [7, 11) is 0. The number of likely N-dealkylation sites (N-methyl/N-ethyl adjacent to an activating group) is 1. The van der Waals surface area contributed by atoms with E-state index in [2.05, 4.69) is 17.1 Å². The van der Waals surface area contributed by atoms with Crippen molar-refractivity contribution in [1.82, 2.24) is 10.2 Å². The molecule has 1 atom stereocenters. The molecule has 1 unspecified atom stereocenters. The summed E-state index contributed by atoms with van der Waals surface area (Å²) in [6.07, 6.45) is 3.28. The van der Waals surface area contributed by atoms with Crippen molar-refractivity contribution in [3.8, 4) is 0 Å². The number of rotatable bonds is 6. The zero-order valence-electron chi connectivity index (χ0n) is 8.56. The molecule has 3 heteroatoms. The molecule has 0 radical (unpaired) electrons. The summed E-state index contributed by atoms with van der Waals surface area (Å²) in [4.78, 5) is 2.50. The van der Waals surface area contributed by atoms with Crippen LogP contribution < -0.4 is 5.32 Å². The summed E-state index contributed by atoms with van der Waals surface area (Å²) in [5, 5.41) is 3.31. The molecule has 0 aromatic carbocycles. The van der Waals surface area contributed by atoms with E-state index in [0.29, 0.717) is 12.5 Å².